The molecule has 0 saturated heterocycles. The molecule has 6 nitrogen and oxygen atoms in total. The molecule has 0 radical (unpaired) electrons. The molecule has 0 atom stereocenters. The van der Waals surface area contributed by atoms with Crippen molar-refractivity contribution in [3.63, 3.8) is 0 Å². The minimum absolute atomic E-state index is 0.365. The number of hydrogen-bond acceptors (Lipinski definition) is 5. The van der Waals surface area contributed by atoms with Crippen molar-refractivity contribution in [2.24, 2.45) is 0 Å². The Labute approximate surface area is 125 Å². The van der Waals surface area contributed by atoms with E-state index in [4.69, 9.17) is 4.42 Å². The second-order valence-corrected chi connectivity index (χ2v) is 5.16. The van der Waals surface area contributed by atoms with Gasteiger partial charge in [-0.1, -0.05) is 12.1 Å². The molecule has 108 valence electrons. The Morgan fingerprint density at radius 1 is 1.14 bits per heavy atom. The van der Waals surface area contributed by atoms with Gasteiger partial charge in [0.25, 0.3) is 5.95 Å². The number of nitrogens with zero attached hydrogens (tertiary/aromatic N) is 4. The van der Waals surface area contributed by atoms with Gasteiger partial charge in [-0.15, -0.1) is 0 Å². The van der Waals surface area contributed by atoms with Gasteiger partial charge in [0.05, 0.1) is 11.2 Å². The Hall–Kier alpha value is -3.02. The average molecular weight is 292 g/mol. The number of benzene rings is 1. The first-order chi connectivity index (χ1) is 10.6. The van der Waals surface area contributed by atoms with Crippen LogP contribution in [0.5, 0.6) is 0 Å². The lowest BCUT2D eigenvalue weighted by Gasteiger charge is -2.05. The second kappa shape index (κ2) is 4.49. The summed E-state index contributed by atoms with van der Waals surface area (Å²) in [6.45, 7) is 3.85. The quantitative estimate of drug-likeness (QED) is 0.398. The molecule has 0 aliphatic carbocycles. The predicted octanol–water partition coefficient (Wildman–Crippen LogP) is 2.54. The van der Waals surface area contributed by atoms with E-state index >= 15 is 0 Å². The summed E-state index contributed by atoms with van der Waals surface area (Å²) in [6.07, 6.45) is 1.49. The Balaban J connectivity index is 2.10. The van der Waals surface area contributed by atoms with Crippen LogP contribution in [-0.4, -0.2) is 19.7 Å². The summed E-state index contributed by atoms with van der Waals surface area (Å²) in [7, 11) is 0. The maximum absolute atomic E-state index is 12.0. The molecule has 6 heteroatoms. The van der Waals surface area contributed by atoms with Crippen LogP contribution in [-0.2, 0) is 0 Å². The van der Waals surface area contributed by atoms with Crippen molar-refractivity contribution in [3.05, 3.63) is 58.3 Å². The van der Waals surface area contributed by atoms with Crippen molar-refractivity contribution in [2.45, 2.75) is 13.8 Å². The van der Waals surface area contributed by atoms with Crippen molar-refractivity contribution >= 4 is 21.9 Å². The van der Waals surface area contributed by atoms with Crippen molar-refractivity contribution in [1.29, 1.82) is 0 Å². The van der Waals surface area contributed by atoms with E-state index in [0.29, 0.717) is 22.4 Å². The minimum atomic E-state index is -0.436. The summed E-state index contributed by atoms with van der Waals surface area (Å²) >= 11 is 0. The zero-order valence-corrected chi connectivity index (χ0v) is 12.1. The third kappa shape index (κ3) is 1.81. The zero-order valence-electron chi connectivity index (χ0n) is 12.1. The Morgan fingerprint density at radius 3 is 2.73 bits per heavy atom. The fourth-order valence-electron chi connectivity index (χ4n) is 2.57. The smallest absolute Gasteiger partial charge is 0.347 e. The third-order valence-corrected chi connectivity index (χ3v) is 3.54. The Bertz CT molecular complexity index is 1080. The standard InChI is InChI=1S/C16H12N4O2/c1-9-7-10(2)20(19-9)16-17-8-12-14(18-16)11-5-3-4-6-13(11)22-15(12)21/h3-8H,1-2H3. The first kappa shape index (κ1) is 12.7. The second-order valence-electron chi connectivity index (χ2n) is 5.16. The van der Waals surface area contributed by atoms with Gasteiger partial charge in [0.2, 0.25) is 0 Å². The molecule has 0 aliphatic heterocycles. The molecule has 0 saturated carbocycles. The highest BCUT2D eigenvalue weighted by atomic mass is 16.4. The van der Waals surface area contributed by atoms with Gasteiger partial charge in [0.1, 0.15) is 11.0 Å². The maximum Gasteiger partial charge on any atom is 0.347 e. The topological polar surface area (TPSA) is 73.8 Å². The van der Waals surface area contributed by atoms with E-state index in [-0.39, 0.29) is 0 Å². The average Bonchev–Trinajstić information content (AvgIpc) is 2.86. The highest BCUT2D eigenvalue weighted by Gasteiger charge is 2.12. The van der Waals surface area contributed by atoms with Crippen LogP contribution in [0.2, 0.25) is 0 Å². The lowest BCUT2D eigenvalue weighted by Crippen LogP contribution is -2.08. The highest BCUT2D eigenvalue weighted by Crippen LogP contribution is 2.21. The molecule has 22 heavy (non-hydrogen) atoms. The number of para-hydroxylation sites is 1. The molecule has 0 amide bonds. The van der Waals surface area contributed by atoms with Crippen LogP contribution in [0, 0.1) is 13.8 Å². The Morgan fingerprint density at radius 2 is 1.95 bits per heavy atom. The van der Waals surface area contributed by atoms with E-state index in [1.807, 2.05) is 38.1 Å². The number of hydrogen-bond donors (Lipinski definition) is 0. The lowest BCUT2D eigenvalue weighted by molar-refractivity contribution is 0.569. The van der Waals surface area contributed by atoms with Crippen LogP contribution in [0.4, 0.5) is 0 Å². The number of rotatable bonds is 1. The normalized spacial score (nSPS) is 11.4. The summed E-state index contributed by atoms with van der Waals surface area (Å²) in [4.78, 5) is 20.8. The summed E-state index contributed by atoms with van der Waals surface area (Å²) in [6, 6.07) is 9.28. The molecule has 1 aromatic carbocycles. The predicted molar refractivity (Wildman–Crippen MR) is 82.2 cm³/mol. The van der Waals surface area contributed by atoms with Crippen molar-refractivity contribution < 1.29 is 4.42 Å². The highest BCUT2D eigenvalue weighted by molar-refractivity contribution is 6.01. The van der Waals surface area contributed by atoms with Gasteiger partial charge < -0.3 is 4.42 Å². The summed E-state index contributed by atoms with van der Waals surface area (Å²) < 4.78 is 6.96. The molecule has 0 spiro atoms. The SMILES string of the molecule is Cc1cc(C)n(-c2ncc3c(=O)oc4ccccc4c3n2)n1. The largest absolute Gasteiger partial charge is 0.422 e. The molecule has 4 rings (SSSR count). The van der Waals surface area contributed by atoms with E-state index in [9.17, 15) is 4.79 Å². The molecular weight excluding hydrogens is 280 g/mol. The Kier molecular flexibility index (Phi) is 2.59. The summed E-state index contributed by atoms with van der Waals surface area (Å²) in [5.74, 6) is 0.439. The van der Waals surface area contributed by atoms with Gasteiger partial charge in [-0.05, 0) is 32.0 Å². The van der Waals surface area contributed by atoms with E-state index in [1.165, 1.54) is 6.20 Å². The fourth-order valence-corrected chi connectivity index (χ4v) is 2.57. The van der Waals surface area contributed by atoms with Crippen LogP contribution < -0.4 is 5.63 Å². The van der Waals surface area contributed by atoms with Crippen LogP contribution >= 0.6 is 0 Å². The molecule has 3 heterocycles. The first-order valence-corrected chi connectivity index (χ1v) is 6.86. The van der Waals surface area contributed by atoms with Crippen LogP contribution in [0.1, 0.15) is 11.4 Å². The fraction of sp³-hybridized carbons (Fsp3) is 0.125. The van der Waals surface area contributed by atoms with Gasteiger partial charge in [-0.25, -0.2) is 19.4 Å². The van der Waals surface area contributed by atoms with Gasteiger partial charge in [-0.3, -0.25) is 0 Å². The lowest BCUT2D eigenvalue weighted by atomic mass is 10.2. The zero-order chi connectivity index (χ0) is 15.3. The van der Waals surface area contributed by atoms with Crippen LogP contribution in [0.25, 0.3) is 27.8 Å². The minimum Gasteiger partial charge on any atom is -0.422 e. The molecule has 3 aromatic heterocycles. The van der Waals surface area contributed by atoms with Crippen LogP contribution in [0.15, 0.2) is 45.7 Å². The molecule has 0 bridgehead atoms. The van der Waals surface area contributed by atoms with Gasteiger partial charge in [-0.2, -0.15) is 5.10 Å². The van der Waals surface area contributed by atoms with E-state index in [2.05, 4.69) is 15.1 Å². The monoisotopic (exact) mass is 292 g/mol. The van der Waals surface area contributed by atoms with Gasteiger partial charge in [0, 0.05) is 17.3 Å². The van der Waals surface area contributed by atoms with Crippen molar-refractivity contribution in [3.8, 4) is 5.95 Å². The summed E-state index contributed by atoms with van der Waals surface area (Å²) in [5, 5.41) is 5.52. The number of aromatic nitrogens is 4. The van der Waals surface area contributed by atoms with Crippen LogP contribution in [0.3, 0.4) is 0 Å². The third-order valence-electron chi connectivity index (χ3n) is 3.54. The molecule has 0 aliphatic rings. The summed E-state index contributed by atoms with van der Waals surface area (Å²) in [5.41, 5.74) is 2.47. The maximum atomic E-state index is 12.0. The van der Waals surface area contributed by atoms with Gasteiger partial charge >= 0.3 is 5.63 Å². The van der Waals surface area contributed by atoms with E-state index in [1.54, 1.807) is 10.7 Å². The first-order valence-electron chi connectivity index (χ1n) is 6.86. The van der Waals surface area contributed by atoms with Crippen molar-refractivity contribution in [2.75, 3.05) is 0 Å². The molecule has 4 aromatic rings. The molecule has 0 N–H and O–H groups in total. The molecular formula is C16H12N4O2. The van der Waals surface area contributed by atoms with Crippen molar-refractivity contribution in [1.82, 2.24) is 19.7 Å². The number of fused-ring (bicyclic) bond motifs is 3. The van der Waals surface area contributed by atoms with Gasteiger partial charge in [0.15, 0.2) is 0 Å². The van der Waals surface area contributed by atoms with E-state index in [0.717, 1.165) is 16.8 Å². The van der Waals surface area contributed by atoms with E-state index < -0.39 is 5.63 Å². The number of aryl methyl sites for hydroxylation is 2. The molecule has 0 unspecified atom stereocenters. The molecule has 0 fully saturated rings.